The Kier molecular flexibility index (Phi) is 6.50. The van der Waals surface area contributed by atoms with Gasteiger partial charge in [-0.3, -0.25) is 10.5 Å². The summed E-state index contributed by atoms with van der Waals surface area (Å²) in [6.07, 6.45) is 5.15. The number of rotatable bonds is 6. The minimum atomic E-state index is -0.0356. The Labute approximate surface area is 62.8 Å². The average molecular weight is 142 g/mol. The van der Waals surface area contributed by atoms with Crippen LogP contribution in [0.1, 0.15) is 39.0 Å². The third-order valence-electron chi connectivity index (χ3n) is 1.51. The van der Waals surface area contributed by atoms with Gasteiger partial charge in [-0.15, -0.1) is 0 Å². The zero-order valence-corrected chi connectivity index (χ0v) is 6.65. The van der Waals surface area contributed by atoms with Crippen molar-refractivity contribution in [1.29, 1.82) is 0 Å². The van der Waals surface area contributed by atoms with E-state index in [1.165, 1.54) is 12.8 Å². The maximum absolute atomic E-state index is 10.6. The maximum atomic E-state index is 10.6. The molecule has 0 aliphatic heterocycles. The topological polar surface area (TPSA) is 40.9 Å². The van der Waals surface area contributed by atoms with Gasteiger partial charge in [0.25, 0.3) is 0 Å². The number of unbranched alkanes of at least 4 members (excludes halogenated alkanes) is 3. The highest BCUT2D eigenvalue weighted by molar-refractivity contribution is 5.79. The Morgan fingerprint density at radius 1 is 1.30 bits per heavy atom. The lowest BCUT2D eigenvalue weighted by molar-refractivity contribution is -0.117. The van der Waals surface area contributed by atoms with Crippen molar-refractivity contribution in [3.63, 3.8) is 0 Å². The normalized spacial score (nSPS) is 9.80. The van der Waals surface area contributed by atoms with Crippen LogP contribution in [-0.2, 0) is 4.79 Å². The molecule has 0 spiro atoms. The number of carbonyl (C=O) groups is 1. The monoisotopic (exact) mass is 142 g/mol. The highest BCUT2D eigenvalue weighted by atomic mass is 16.1. The van der Waals surface area contributed by atoms with E-state index >= 15 is 0 Å². The fraction of sp³-hybridized carbons (Fsp3) is 0.875. The summed E-state index contributed by atoms with van der Waals surface area (Å²) in [6, 6.07) is 0. The molecule has 0 amide bonds. The summed E-state index contributed by atoms with van der Waals surface area (Å²) in [5, 5.41) is 0. The molecule has 0 aromatic heterocycles. The second-order valence-corrected chi connectivity index (χ2v) is 2.53. The maximum Gasteiger partial charge on any atom is 0.148 e. The smallest absolute Gasteiger partial charge is 0.148 e. The van der Waals surface area contributed by atoms with Crippen LogP contribution < -0.4 is 5.73 Å². The second kappa shape index (κ2) is 6.75. The van der Waals surface area contributed by atoms with Gasteiger partial charge in [-0.2, -0.15) is 0 Å². The first kappa shape index (κ1) is 9.63. The van der Waals surface area contributed by atoms with Gasteiger partial charge in [0.2, 0.25) is 0 Å². The zero-order valence-electron chi connectivity index (χ0n) is 6.65. The van der Waals surface area contributed by atoms with E-state index in [2.05, 4.69) is 6.92 Å². The van der Waals surface area contributed by atoms with Crippen molar-refractivity contribution in [3.05, 3.63) is 0 Å². The van der Waals surface area contributed by atoms with Crippen molar-refractivity contribution in [1.82, 2.24) is 5.73 Å². The quantitative estimate of drug-likeness (QED) is 0.521. The SMILES string of the molecule is CCCCCCC(=O)C[NH]. The van der Waals surface area contributed by atoms with Crippen molar-refractivity contribution < 1.29 is 4.79 Å². The van der Waals surface area contributed by atoms with Crippen molar-refractivity contribution >= 4 is 5.78 Å². The van der Waals surface area contributed by atoms with Gasteiger partial charge in [0.15, 0.2) is 0 Å². The van der Waals surface area contributed by atoms with Crippen molar-refractivity contribution in [2.75, 3.05) is 6.54 Å². The summed E-state index contributed by atoms with van der Waals surface area (Å²) in [5.74, 6) is 0.0797. The summed E-state index contributed by atoms with van der Waals surface area (Å²) in [6.45, 7) is 2.11. The summed E-state index contributed by atoms with van der Waals surface area (Å²) in [7, 11) is 0. The molecule has 0 rings (SSSR count). The Morgan fingerprint density at radius 2 is 2.00 bits per heavy atom. The van der Waals surface area contributed by atoms with Gasteiger partial charge in [0, 0.05) is 6.42 Å². The van der Waals surface area contributed by atoms with Crippen LogP contribution in [0, 0.1) is 0 Å². The Hall–Kier alpha value is -0.370. The predicted octanol–water partition coefficient (Wildman–Crippen LogP) is 1.81. The lowest BCUT2D eigenvalue weighted by atomic mass is 10.1. The number of nitrogens with one attached hydrogen (secondary N) is 1. The lowest BCUT2D eigenvalue weighted by Crippen LogP contribution is -2.04. The van der Waals surface area contributed by atoms with Crippen LogP contribution in [0.3, 0.4) is 0 Å². The highest BCUT2D eigenvalue weighted by Gasteiger charge is 1.96. The first-order chi connectivity index (χ1) is 4.81. The minimum absolute atomic E-state index is 0.0356. The molecule has 10 heavy (non-hydrogen) atoms. The zero-order chi connectivity index (χ0) is 7.82. The fourth-order valence-corrected chi connectivity index (χ4v) is 0.837. The third-order valence-corrected chi connectivity index (χ3v) is 1.51. The van der Waals surface area contributed by atoms with Crippen LogP contribution in [0.5, 0.6) is 0 Å². The van der Waals surface area contributed by atoms with Crippen LogP contribution in [0.15, 0.2) is 0 Å². The molecule has 0 aromatic rings. The van der Waals surface area contributed by atoms with Gasteiger partial charge in [0.05, 0.1) is 6.54 Å². The van der Waals surface area contributed by atoms with Crippen LogP contribution >= 0.6 is 0 Å². The molecule has 59 valence electrons. The van der Waals surface area contributed by atoms with Crippen LogP contribution in [0.25, 0.3) is 0 Å². The molecule has 0 heterocycles. The van der Waals surface area contributed by atoms with Crippen molar-refractivity contribution in [3.8, 4) is 0 Å². The summed E-state index contributed by atoms with van der Waals surface area (Å²) in [5.41, 5.74) is 6.74. The molecule has 0 aliphatic rings. The summed E-state index contributed by atoms with van der Waals surface area (Å²) < 4.78 is 0. The molecule has 2 heteroatoms. The number of Topliss-reactive ketones (excluding diaryl/α,β-unsaturated/α-hetero) is 1. The van der Waals surface area contributed by atoms with E-state index in [4.69, 9.17) is 5.73 Å². The van der Waals surface area contributed by atoms with Crippen LogP contribution in [-0.4, -0.2) is 12.3 Å². The molecular weight excluding hydrogens is 126 g/mol. The molecule has 0 unspecified atom stereocenters. The Morgan fingerprint density at radius 3 is 2.50 bits per heavy atom. The van der Waals surface area contributed by atoms with E-state index in [0.717, 1.165) is 12.8 Å². The first-order valence-electron chi connectivity index (χ1n) is 3.97. The number of hydrogen-bond acceptors (Lipinski definition) is 1. The van der Waals surface area contributed by atoms with Crippen LogP contribution in [0.2, 0.25) is 0 Å². The molecule has 0 atom stereocenters. The van der Waals surface area contributed by atoms with Gasteiger partial charge in [0.1, 0.15) is 5.78 Å². The van der Waals surface area contributed by atoms with Gasteiger partial charge >= 0.3 is 0 Å². The molecule has 1 radical (unpaired) electrons. The molecule has 0 aromatic carbocycles. The van der Waals surface area contributed by atoms with Crippen LogP contribution in [0.4, 0.5) is 0 Å². The molecule has 0 saturated carbocycles. The summed E-state index contributed by atoms with van der Waals surface area (Å²) >= 11 is 0. The molecule has 0 bridgehead atoms. The van der Waals surface area contributed by atoms with Gasteiger partial charge in [-0.25, -0.2) is 0 Å². The van der Waals surface area contributed by atoms with Gasteiger partial charge in [-0.1, -0.05) is 26.2 Å². The first-order valence-corrected chi connectivity index (χ1v) is 3.97. The largest absolute Gasteiger partial charge is 0.298 e. The van der Waals surface area contributed by atoms with Gasteiger partial charge < -0.3 is 0 Å². The van der Waals surface area contributed by atoms with E-state index in [0.29, 0.717) is 6.42 Å². The van der Waals surface area contributed by atoms with E-state index in [-0.39, 0.29) is 12.3 Å². The number of carbonyl (C=O) groups excluding carboxylic acids is 1. The van der Waals surface area contributed by atoms with Gasteiger partial charge in [-0.05, 0) is 6.42 Å². The number of hydrogen-bond donors (Lipinski definition) is 0. The molecular formula is C8H16NO. The standard InChI is InChI=1S/C8H16NO/c1-2-3-4-5-6-8(10)7-9/h9H,2-7H2,1H3. The predicted molar refractivity (Wildman–Crippen MR) is 41.7 cm³/mol. The minimum Gasteiger partial charge on any atom is -0.298 e. The van der Waals surface area contributed by atoms with Crippen molar-refractivity contribution in [2.24, 2.45) is 0 Å². The molecule has 1 N–H and O–H groups in total. The molecule has 0 saturated heterocycles. The second-order valence-electron chi connectivity index (χ2n) is 2.53. The van der Waals surface area contributed by atoms with E-state index in [9.17, 15) is 4.79 Å². The summed E-state index contributed by atoms with van der Waals surface area (Å²) in [4.78, 5) is 10.6. The van der Waals surface area contributed by atoms with E-state index < -0.39 is 0 Å². The van der Waals surface area contributed by atoms with E-state index in [1.807, 2.05) is 0 Å². The molecule has 2 nitrogen and oxygen atoms in total. The van der Waals surface area contributed by atoms with Crippen molar-refractivity contribution in [2.45, 2.75) is 39.0 Å². The van der Waals surface area contributed by atoms with E-state index in [1.54, 1.807) is 0 Å². The molecule has 0 fully saturated rings. The Balaban J connectivity index is 2.96. The fourth-order valence-electron chi connectivity index (χ4n) is 0.837. The highest BCUT2D eigenvalue weighted by Crippen LogP contribution is 2.01. The lowest BCUT2D eigenvalue weighted by Gasteiger charge is -1.95. The number of ketones is 1. The Bertz CT molecular complexity index is 91.3. The third kappa shape index (κ3) is 5.76. The average Bonchev–Trinajstić information content (AvgIpc) is 1.98. The molecule has 0 aliphatic carbocycles.